The molecular formula is C12H20N2OS2. The fourth-order valence-corrected chi connectivity index (χ4v) is 2.78. The highest BCUT2D eigenvalue weighted by Gasteiger charge is 2.12. The summed E-state index contributed by atoms with van der Waals surface area (Å²) in [6.07, 6.45) is 3.80. The molecule has 0 aliphatic rings. The third-order valence-electron chi connectivity index (χ3n) is 2.47. The summed E-state index contributed by atoms with van der Waals surface area (Å²) in [6.45, 7) is 2.73. The quantitative estimate of drug-likeness (QED) is 0.798. The zero-order chi connectivity index (χ0) is 12.7. The molecule has 1 aromatic heterocycles. The Morgan fingerprint density at radius 1 is 1.53 bits per heavy atom. The summed E-state index contributed by atoms with van der Waals surface area (Å²) < 4.78 is 0. The van der Waals surface area contributed by atoms with Crippen molar-refractivity contribution in [2.75, 3.05) is 12.0 Å². The lowest BCUT2D eigenvalue weighted by Gasteiger charge is -2.10. The molecule has 0 fully saturated rings. The second kappa shape index (κ2) is 7.74. The fraction of sp³-hybridized carbons (Fsp3) is 0.583. The lowest BCUT2D eigenvalue weighted by Crippen LogP contribution is -2.40. The zero-order valence-corrected chi connectivity index (χ0v) is 12.0. The van der Waals surface area contributed by atoms with Crippen LogP contribution < -0.4 is 11.1 Å². The highest BCUT2D eigenvalue weighted by Crippen LogP contribution is 2.16. The van der Waals surface area contributed by atoms with Crippen LogP contribution in [0.3, 0.4) is 0 Å². The van der Waals surface area contributed by atoms with E-state index in [1.54, 1.807) is 23.1 Å². The van der Waals surface area contributed by atoms with Gasteiger partial charge in [0.15, 0.2) is 0 Å². The third-order valence-corrected chi connectivity index (χ3v) is 4.35. The number of nitrogens with one attached hydrogen (secondary N) is 1. The number of aryl methyl sites for hydroxylation is 1. The number of carbonyl (C=O) groups is 1. The van der Waals surface area contributed by atoms with Crippen LogP contribution in [0.1, 0.15) is 23.1 Å². The SMILES string of the molecule is CCc1ccc(CNC(=O)[C@H](N)CCSC)s1. The second-order valence-electron chi connectivity index (χ2n) is 3.83. The van der Waals surface area contributed by atoms with Gasteiger partial charge in [0, 0.05) is 9.75 Å². The Morgan fingerprint density at radius 2 is 2.24 bits per heavy atom. The van der Waals surface area contributed by atoms with Gasteiger partial charge in [-0.3, -0.25) is 4.79 Å². The van der Waals surface area contributed by atoms with Crippen LogP contribution in [0.25, 0.3) is 0 Å². The summed E-state index contributed by atoms with van der Waals surface area (Å²) >= 11 is 3.45. The van der Waals surface area contributed by atoms with E-state index in [9.17, 15) is 4.79 Å². The second-order valence-corrected chi connectivity index (χ2v) is 6.07. The topological polar surface area (TPSA) is 55.1 Å². The Kier molecular flexibility index (Phi) is 6.62. The van der Waals surface area contributed by atoms with E-state index in [4.69, 9.17) is 5.73 Å². The van der Waals surface area contributed by atoms with E-state index >= 15 is 0 Å². The monoisotopic (exact) mass is 272 g/mol. The van der Waals surface area contributed by atoms with Crippen LogP contribution in [0.4, 0.5) is 0 Å². The maximum Gasteiger partial charge on any atom is 0.237 e. The molecule has 1 rings (SSSR count). The number of thiophene rings is 1. The Morgan fingerprint density at radius 3 is 2.82 bits per heavy atom. The van der Waals surface area contributed by atoms with Crippen molar-refractivity contribution in [3.05, 3.63) is 21.9 Å². The molecular weight excluding hydrogens is 252 g/mol. The molecule has 0 saturated carbocycles. The molecule has 1 amide bonds. The third kappa shape index (κ3) is 5.10. The average molecular weight is 272 g/mol. The Balaban J connectivity index is 2.32. The number of amides is 1. The summed E-state index contributed by atoms with van der Waals surface area (Å²) in [5.41, 5.74) is 5.78. The van der Waals surface area contributed by atoms with Crippen LogP contribution in [0.15, 0.2) is 12.1 Å². The maximum atomic E-state index is 11.7. The first-order chi connectivity index (χ1) is 8.17. The van der Waals surface area contributed by atoms with Crippen molar-refractivity contribution in [3.8, 4) is 0 Å². The molecule has 3 nitrogen and oxygen atoms in total. The Bertz CT molecular complexity index is 352. The lowest BCUT2D eigenvalue weighted by molar-refractivity contribution is -0.122. The van der Waals surface area contributed by atoms with Gasteiger partial charge in [0.2, 0.25) is 5.91 Å². The summed E-state index contributed by atoms with van der Waals surface area (Å²) in [4.78, 5) is 14.2. The molecule has 0 bridgehead atoms. The lowest BCUT2D eigenvalue weighted by atomic mass is 10.2. The molecule has 0 aliphatic carbocycles. The number of rotatable bonds is 7. The van der Waals surface area contributed by atoms with Gasteiger partial charge in [-0.15, -0.1) is 11.3 Å². The van der Waals surface area contributed by atoms with Crippen molar-refractivity contribution in [1.82, 2.24) is 5.32 Å². The number of thioether (sulfide) groups is 1. The van der Waals surface area contributed by atoms with E-state index < -0.39 is 0 Å². The van der Waals surface area contributed by atoms with Crippen molar-refractivity contribution < 1.29 is 4.79 Å². The van der Waals surface area contributed by atoms with Gasteiger partial charge in [-0.25, -0.2) is 0 Å². The standard InChI is InChI=1S/C12H20N2OS2/c1-3-9-4-5-10(17-9)8-14-12(15)11(13)6-7-16-2/h4-5,11H,3,6-8,13H2,1-2H3,(H,14,15)/t11-/m1/s1. The first-order valence-electron chi connectivity index (χ1n) is 5.77. The maximum absolute atomic E-state index is 11.7. The van der Waals surface area contributed by atoms with Gasteiger partial charge >= 0.3 is 0 Å². The smallest absolute Gasteiger partial charge is 0.237 e. The van der Waals surface area contributed by atoms with Crippen LogP contribution in [-0.4, -0.2) is 24.0 Å². The molecule has 0 aliphatic heterocycles. The zero-order valence-electron chi connectivity index (χ0n) is 10.4. The molecule has 1 heterocycles. The number of hydrogen-bond donors (Lipinski definition) is 2. The van der Waals surface area contributed by atoms with Crippen LogP contribution in [-0.2, 0) is 17.8 Å². The summed E-state index contributed by atoms with van der Waals surface area (Å²) in [6, 6.07) is 3.80. The predicted molar refractivity (Wildman–Crippen MR) is 76.5 cm³/mol. The molecule has 0 unspecified atom stereocenters. The van der Waals surface area contributed by atoms with Crippen LogP contribution >= 0.6 is 23.1 Å². The minimum absolute atomic E-state index is 0.0505. The van der Waals surface area contributed by atoms with Crippen LogP contribution in [0, 0.1) is 0 Å². The molecule has 1 aromatic rings. The van der Waals surface area contributed by atoms with E-state index in [-0.39, 0.29) is 11.9 Å². The highest BCUT2D eigenvalue weighted by molar-refractivity contribution is 7.98. The Hall–Kier alpha value is -0.520. The number of carbonyl (C=O) groups excluding carboxylic acids is 1. The number of nitrogens with two attached hydrogens (primary N) is 1. The molecule has 0 aromatic carbocycles. The van der Waals surface area contributed by atoms with E-state index in [1.165, 1.54) is 9.75 Å². The molecule has 3 N–H and O–H groups in total. The molecule has 0 radical (unpaired) electrons. The summed E-state index contributed by atoms with van der Waals surface area (Å²) in [7, 11) is 0. The van der Waals surface area contributed by atoms with Gasteiger partial charge in [0.25, 0.3) is 0 Å². The molecule has 96 valence electrons. The van der Waals surface area contributed by atoms with Crippen molar-refractivity contribution in [2.45, 2.75) is 32.4 Å². The number of hydrogen-bond acceptors (Lipinski definition) is 4. The van der Waals surface area contributed by atoms with E-state index in [0.717, 1.165) is 18.6 Å². The normalized spacial score (nSPS) is 12.4. The minimum Gasteiger partial charge on any atom is -0.350 e. The largest absolute Gasteiger partial charge is 0.350 e. The van der Waals surface area contributed by atoms with Gasteiger partial charge in [-0.05, 0) is 37.0 Å². The fourth-order valence-electron chi connectivity index (χ4n) is 1.39. The minimum atomic E-state index is -0.381. The van der Waals surface area contributed by atoms with Gasteiger partial charge in [0.1, 0.15) is 0 Å². The Labute approximate surface area is 111 Å². The van der Waals surface area contributed by atoms with Gasteiger partial charge in [-0.2, -0.15) is 11.8 Å². The van der Waals surface area contributed by atoms with Crippen LogP contribution in [0.2, 0.25) is 0 Å². The molecule has 0 spiro atoms. The average Bonchev–Trinajstić information content (AvgIpc) is 2.80. The van der Waals surface area contributed by atoms with Crippen molar-refractivity contribution in [3.63, 3.8) is 0 Å². The summed E-state index contributed by atoms with van der Waals surface area (Å²) in [5.74, 6) is 0.874. The summed E-state index contributed by atoms with van der Waals surface area (Å²) in [5, 5.41) is 2.88. The first kappa shape index (κ1) is 14.5. The van der Waals surface area contributed by atoms with Crippen molar-refractivity contribution >= 4 is 29.0 Å². The molecule has 17 heavy (non-hydrogen) atoms. The van der Waals surface area contributed by atoms with Crippen molar-refractivity contribution in [2.24, 2.45) is 5.73 Å². The highest BCUT2D eigenvalue weighted by atomic mass is 32.2. The van der Waals surface area contributed by atoms with Gasteiger partial charge < -0.3 is 11.1 Å². The van der Waals surface area contributed by atoms with E-state index in [2.05, 4.69) is 24.4 Å². The van der Waals surface area contributed by atoms with E-state index in [0.29, 0.717) is 6.54 Å². The van der Waals surface area contributed by atoms with Gasteiger partial charge in [-0.1, -0.05) is 6.92 Å². The first-order valence-corrected chi connectivity index (χ1v) is 7.98. The van der Waals surface area contributed by atoms with Crippen molar-refractivity contribution in [1.29, 1.82) is 0 Å². The van der Waals surface area contributed by atoms with E-state index in [1.807, 2.05) is 6.26 Å². The van der Waals surface area contributed by atoms with Crippen LogP contribution in [0.5, 0.6) is 0 Å². The molecule has 1 atom stereocenters. The molecule has 5 heteroatoms. The predicted octanol–water partition coefficient (Wildman–Crippen LogP) is 2.01. The van der Waals surface area contributed by atoms with Gasteiger partial charge in [0.05, 0.1) is 12.6 Å². The molecule has 0 saturated heterocycles.